The van der Waals surface area contributed by atoms with Gasteiger partial charge in [-0.1, -0.05) is 79.2 Å². The van der Waals surface area contributed by atoms with E-state index in [9.17, 15) is 5.11 Å². The number of aliphatic hydroxyl groups is 1. The summed E-state index contributed by atoms with van der Waals surface area (Å²) in [6, 6.07) is 25.9. The van der Waals surface area contributed by atoms with E-state index in [1.165, 1.54) is 24.8 Å². The lowest BCUT2D eigenvalue weighted by Gasteiger charge is -2.32. The lowest BCUT2D eigenvalue weighted by atomic mass is 9.79. The highest BCUT2D eigenvalue weighted by Crippen LogP contribution is 2.41. The first kappa shape index (κ1) is 19.7. The highest BCUT2D eigenvalue weighted by Gasteiger charge is 2.36. The number of hydrogen-bond donors (Lipinski definition) is 1. The molecule has 3 aromatic carbocycles. The molecule has 3 aromatic rings. The summed E-state index contributed by atoms with van der Waals surface area (Å²) in [5.41, 5.74) is 2.36. The van der Waals surface area contributed by atoms with Gasteiger partial charge in [-0.05, 0) is 48.7 Å². The fourth-order valence-corrected chi connectivity index (χ4v) is 4.34. The quantitative estimate of drug-likeness (QED) is 0.607. The van der Waals surface area contributed by atoms with Gasteiger partial charge in [-0.15, -0.1) is 0 Å². The van der Waals surface area contributed by atoms with Crippen LogP contribution in [0.15, 0.2) is 78.9 Å². The number of hydrogen-bond acceptors (Lipinski definition) is 3. The van der Waals surface area contributed by atoms with Gasteiger partial charge in [0, 0.05) is 12.1 Å². The monoisotopic (exact) mass is 387 g/mol. The number of rotatable bonds is 6. The van der Waals surface area contributed by atoms with Gasteiger partial charge in [0.15, 0.2) is 0 Å². The van der Waals surface area contributed by atoms with E-state index < -0.39 is 5.60 Å². The summed E-state index contributed by atoms with van der Waals surface area (Å²) in [7, 11) is 1.68. The third kappa shape index (κ3) is 4.07. The first-order valence-electron chi connectivity index (χ1n) is 10.4. The molecule has 1 fully saturated rings. The summed E-state index contributed by atoms with van der Waals surface area (Å²) < 4.78 is 5.79. The molecule has 0 spiro atoms. The summed E-state index contributed by atoms with van der Waals surface area (Å²) >= 11 is 0. The molecule has 0 radical (unpaired) electrons. The van der Waals surface area contributed by atoms with Crippen molar-refractivity contribution in [2.45, 2.75) is 31.4 Å². The van der Waals surface area contributed by atoms with E-state index in [2.05, 4.69) is 17.0 Å². The van der Waals surface area contributed by atoms with Crippen molar-refractivity contribution in [1.82, 2.24) is 4.90 Å². The third-order valence-corrected chi connectivity index (χ3v) is 5.89. The lowest BCUT2D eigenvalue weighted by molar-refractivity contribution is 0.122. The lowest BCUT2D eigenvalue weighted by Crippen LogP contribution is -2.30. The maximum absolute atomic E-state index is 12.1. The largest absolute Gasteiger partial charge is 0.496 e. The molecule has 29 heavy (non-hydrogen) atoms. The topological polar surface area (TPSA) is 32.7 Å². The average Bonchev–Trinajstić information content (AvgIpc) is 2.80. The van der Waals surface area contributed by atoms with Crippen LogP contribution in [-0.2, 0) is 12.1 Å². The molecule has 0 saturated carbocycles. The molecular formula is C26H29NO2. The highest BCUT2D eigenvalue weighted by molar-refractivity contribution is 5.53. The maximum atomic E-state index is 12.1. The Bertz CT molecular complexity index is 878. The van der Waals surface area contributed by atoms with Crippen LogP contribution in [0.5, 0.6) is 5.75 Å². The molecule has 1 aliphatic rings. The molecule has 1 saturated heterocycles. The molecule has 0 unspecified atom stereocenters. The van der Waals surface area contributed by atoms with Crippen molar-refractivity contribution in [3.8, 4) is 5.75 Å². The van der Waals surface area contributed by atoms with Crippen molar-refractivity contribution in [1.29, 1.82) is 0 Å². The van der Waals surface area contributed by atoms with E-state index in [-0.39, 0.29) is 0 Å². The van der Waals surface area contributed by atoms with Crippen molar-refractivity contribution in [3.05, 3.63) is 101 Å². The second-order valence-electron chi connectivity index (χ2n) is 7.81. The molecule has 3 nitrogen and oxygen atoms in total. The van der Waals surface area contributed by atoms with Crippen LogP contribution in [0.1, 0.15) is 41.5 Å². The summed E-state index contributed by atoms with van der Waals surface area (Å²) in [6.45, 7) is 3.23. The van der Waals surface area contributed by atoms with Gasteiger partial charge in [0.2, 0.25) is 0 Å². The van der Waals surface area contributed by atoms with E-state index in [1.54, 1.807) is 7.11 Å². The molecule has 1 heterocycles. The highest BCUT2D eigenvalue weighted by atomic mass is 16.5. The van der Waals surface area contributed by atoms with E-state index in [4.69, 9.17) is 4.74 Å². The van der Waals surface area contributed by atoms with Gasteiger partial charge >= 0.3 is 0 Å². The van der Waals surface area contributed by atoms with E-state index >= 15 is 0 Å². The van der Waals surface area contributed by atoms with Crippen molar-refractivity contribution in [2.24, 2.45) is 0 Å². The van der Waals surface area contributed by atoms with E-state index in [1.807, 2.05) is 66.7 Å². The molecule has 4 rings (SSSR count). The van der Waals surface area contributed by atoms with Gasteiger partial charge in [0.05, 0.1) is 7.11 Å². The van der Waals surface area contributed by atoms with Crippen molar-refractivity contribution >= 4 is 0 Å². The fraction of sp³-hybridized carbons (Fsp3) is 0.308. The zero-order chi connectivity index (χ0) is 20.1. The van der Waals surface area contributed by atoms with Crippen molar-refractivity contribution < 1.29 is 9.84 Å². The summed E-state index contributed by atoms with van der Waals surface area (Å²) in [6.07, 6.45) is 3.88. The van der Waals surface area contributed by atoms with Gasteiger partial charge < -0.3 is 9.84 Å². The smallest absolute Gasteiger partial charge is 0.144 e. The van der Waals surface area contributed by atoms with Gasteiger partial charge in [0.1, 0.15) is 11.4 Å². The second kappa shape index (κ2) is 8.81. The number of methoxy groups -OCH3 is 1. The molecule has 150 valence electrons. The van der Waals surface area contributed by atoms with Crippen LogP contribution in [0.2, 0.25) is 0 Å². The first-order valence-corrected chi connectivity index (χ1v) is 10.4. The van der Waals surface area contributed by atoms with Crippen molar-refractivity contribution in [3.63, 3.8) is 0 Å². The van der Waals surface area contributed by atoms with Gasteiger partial charge in [-0.25, -0.2) is 0 Å². The summed E-state index contributed by atoms with van der Waals surface area (Å²) in [5.74, 6) is 0.717. The number of ether oxygens (including phenoxy) is 1. The van der Waals surface area contributed by atoms with Crippen LogP contribution in [-0.4, -0.2) is 30.2 Å². The third-order valence-electron chi connectivity index (χ3n) is 5.89. The van der Waals surface area contributed by atoms with Gasteiger partial charge in [-0.2, -0.15) is 0 Å². The second-order valence-corrected chi connectivity index (χ2v) is 7.81. The molecule has 0 aliphatic carbocycles. The predicted molar refractivity (Wildman–Crippen MR) is 117 cm³/mol. The average molecular weight is 388 g/mol. The molecule has 0 bridgehead atoms. The Labute approximate surface area is 173 Å². The van der Waals surface area contributed by atoms with Gasteiger partial charge in [0.25, 0.3) is 0 Å². The van der Waals surface area contributed by atoms with Crippen LogP contribution in [0.25, 0.3) is 0 Å². The molecule has 0 amide bonds. The summed E-state index contributed by atoms with van der Waals surface area (Å²) in [4.78, 5) is 2.50. The summed E-state index contributed by atoms with van der Waals surface area (Å²) in [5, 5.41) is 12.1. The standard InChI is InChI=1S/C26H29NO2/c1-29-25-19-21(20-27-17-9-4-10-18-27)15-16-24(25)26(28,22-11-5-2-6-12-22)23-13-7-3-8-14-23/h2-3,5-8,11-16,19,28H,4,9-10,17-18,20H2,1H3. The Kier molecular flexibility index (Phi) is 5.98. The van der Waals surface area contributed by atoms with Crippen LogP contribution < -0.4 is 4.74 Å². The fourth-order valence-electron chi connectivity index (χ4n) is 4.34. The minimum absolute atomic E-state index is 0.717. The van der Waals surface area contributed by atoms with E-state index in [0.29, 0.717) is 0 Å². The van der Waals surface area contributed by atoms with Crippen LogP contribution in [0.3, 0.4) is 0 Å². The number of nitrogens with zero attached hydrogens (tertiary/aromatic N) is 1. The Morgan fingerprint density at radius 2 is 1.41 bits per heavy atom. The first-order chi connectivity index (χ1) is 14.2. The SMILES string of the molecule is COc1cc(CN2CCCCC2)ccc1C(O)(c1ccccc1)c1ccccc1. The molecule has 0 aromatic heterocycles. The van der Waals surface area contributed by atoms with Crippen molar-refractivity contribution in [2.75, 3.05) is 20.2 Å². The number of piperidine rings is 1. The Morgan fingerprint density at radius 1 is 0.828 bits per heavy atom. The van der Waals surface area contributed by atoms with Gasteiger partial charge in [-0.3, -0.25) is 4.90 Å². The Balaban J connectivity index is 1.76. The minimum atomic E-state index is -1.28. The Morgan fingerprint density at radius 3 is 1.97 bits per heavy atom. The Hall–Kier alpha value is -2.62. The van der Waals surface area contributed by atoms with Crippen LogP contribution >= 0.6 is 0 Å². The molecule has 1 aliphatic heterocycles. The minimum Gasteiger partial charge on any atom is -0.496 e. The number of likely N-dealkylation sites (tertiary alicyclic amines) is 1. The molecule has 1 N–H and O–H groups in total. The maximum Gasteiger partial charge on any atom is 0.144 e. The normalized spacial score (nSPS) is 15.2. The zero-order valence-electron chi connectivity index (χ0n) is 17.1. The predicted octanol–water partition coefficient (Wildman–Crippen LogP) is 4.97. The number of benzene rings is 3. The molecule has 0 atom stereocenters. The molecule has 3 heteroatoms. The zero-order valence-corrected chi connectivity index (χ0v) is 17.1. The van der Waals surface area contributed by atoms with Crippen LogP contribution in [0, 0.1) is 0 Å². The molecular weight excluding hydrogens is 358 g/mol. The van der Waals surface area contributed by atoms with E-state index in [0.717, 1.165) is 42.1 Å². The van der Waals surface area contributed by atoms with Crippen LogP contribution in [0.4, 0.5) is 0 Å².